The van der Waals surface area contributed by atoms with Crippen molar-refractivity contribution >= 4 is 17.9 Å². The largest absolute Gasteiger partial charge is 0.466 e. The van der Waals surface area contributed by atoms with Crippen molar-refractivity contribution in [1.82, 2.24) is 0 Å². The van der Waals surface area contributed by atoms with E-state index in [-0.39, 0.29) is 13.2 Å². The second-order valence-electron chi connectivity index (χ2n) is 3.15. The monoisotopic (exact) mass is 216 g/mol. The van der Waals surface area contributed by atoms with Gasteiger partial charge in [0.15, 0.2) is 6.79 Å². The zero-order chi connectivity index (χ0) is 11.1. The zero-order valence-corrected chi connectivity index (χ0v) is 7.85. The molecule has 2 rings (SSSR count). The molecule has 0 amide bonds. The number of hydrogen-bond acceptors (Lipinski definition) is 7. The van der Waals surface area contributed by atoms with E-state index in [9.17, 15) is 14.4 Å². The molecule has 0 bridgehead atoms. The summed E-state index contributed by atoms with van der Waals surface area (Å²) in [5.41, 5.74) is -1.65. The Morgan fingerprint density at radius 1 is 1.53 bits per heavy atom. The third kappa shape index (κ3) is 1.27. The summed E-state index contributed by atoms with van der Waals surface area (Å²) in [6.45, 7) is -0.289. The van der Waals surface area contributed by atoms with Gasteiger partial charge in [-0.1, -0.05) is 0 Å². The van der Waals surface area contributed by atoms with Crippen molar-refractivity contribution in [3.05, 3.63) is 0 Å². The van der Waals surface area contributed by atoms with E-state index >= 15 is 0 Å². The fourth-order valence-electron chi connectivity index (χ4n) is 1.60. The summed E-state index contributed by atoms with van der Waals surface area (Å²) >= 11 is 0. The highest BCUT2D eigenvalue weighted by atomic mass is 16.8. The van der Waals surface area contributed by atoms with Crippen LogP contribution >= 0.6 is 0 Å². The second kappa shape index (κ2) is 3.20. The van der Waals surface area contributed by atoms with Gasteiger partial charge < -0.3 is 18.9 Å². The van der Waals surface area contributed by atoms with Gasteiger partial charge in [0, 0.05) is 0 Å². The van der Waals surface area contributed by atoms with Gasteiger partial charge in [-0.05, 0) is 0 Å². The molecule has 2 aliphatic rings. The third-order valence-electron chi connectivity index (χ3n) is 2.35. The van der Waals surface area contributed by atoms with Crippen LogP contribution in [0, 0.1) is 0 Å². The first kappa shape index (κ1) is 9.91. The molecule has 0 aromatic heterocycles. The lowest BCUT2D eigenvalue weighted by atomic mass is 9.95. The fourth-order valence-corrected chi connectivity index (χ4v) is 1.60. The summed E-state index contributed by atoms with van der Waals surface area (Å²) in [6.07, 6.45) is -1.70. The van der Waals surface area contributed by atoms with Crippen molar-refractivity contribution in [1.29, 1.82) is 0 Å². The average molecular weight is 216 g/mol. The first-order valence-corrected chi connectivity index (χ1v) is 4.18. The fraction of sp³-hybridized carbons (Fsp3) is 0.625. The van der Waals surface area contributed by atoms with Crippen LogP contribution in [0.15, 0.2) is 0 Å². The minimum absolute atomic E-state index is 0.289. The van der Waals surface area contributed by atoms with E-state index in [0.29, 0.717) is 0 Å². The Hall–Kier alpha value is -1.63. The van der Waals surface area contributed by atoms with E-state index in [1.165, 1.54) is 0 Å². The Labute approximate surface area is 84.2 Å². The molecule has 0 aliphatic carbocycles. The molecule has 2 unspecified atom stereocenters. The first-order chi connectivity index (χ1) is 7.10. The Balaban J connectivity index is 2.32. The molecule has 1 spiro atoms. The lowest BCUT2D eigenvalue weighted by Gasteiger charge is -2.19. The lowest BCUT2D eigenvalue weighted by molar-refractivity contribution is -0.170. The Bertz CT molecular complexity index is 336. The summed E-state index contributed by atoms with van der Waals surface area (Å²) in [6, 6.07) is 0. The number of cyclic esters (lactones) is 2. The quantitative estimate of drug-likeness (QED) is 0.399. The third-order valence-corrected chi connectivity index (χ3v) is 2.35. The van der Waals surface area contributed by atoms with Gasteiger partial charge in [-0.2, -0.15) is 0 Å². The molecular weight excluding hydrogens is 208 g/mol. The van der Waals surface area contributed by atoms with E-state index in [2.05, 4.69) is 14.2 Å². The van der Waals surface area contributed by atoms with Crippen molar-refractivity contribution in [3.63, 3.8) is 0 Å². The van der Waals surface area contributed by atoms with Crippen LogP contribution in [0.25, 0.3) is 0 Å². The molecule has 0 aromatic rings. The van der Waals surface area contributed by atoms with E-state index in [0.717, 1.165) is 7.11 Å². The Morgan fingerprint density at radius 3 is 2.80 bits per heavy atom. The van der Waals surface area contributed by atoms with E-state index in [4.69, 9.17) is 4.74 Å². The molecule has 7 heteroatoms. The topological polar surface area (TPSA) is 88.1 Å². The molecule has 2 atom stereocenters. The molecule has 0 saturated carbocycles. The Kier molecular flexibility index (Phi) is 2.11. The van der Waals surface area contributed by atoms with Crippen LogP contribution in [-0.4, -0.2) is 43.5 Å². The van der Waals surface area contributed by atoms with Gasteiger partial charge in [-0.25, -0.2) is 9.59 Å². The van der Waals surface area contributed by atoms with E-state index < -0.39 is 29.6 Å². The van der Waals surface area contributed by atoms with Crippen molar-refractivity contribution in [3.8, 4) is 0 Å². The highest BCUT2D eigenvalue weighted by Gasteiger charge is 2.64. The van der Waals surface area contributed by atoms with Crippen molar-refractivity contribution in [2.45, 2.75) is 18.1 Å². The highest BCUT2D eigenvalue weighted by molar-refractivity contribution is 5.97. The highest BCUT2D eigenvalue weighted by Crippen LogP contribution is 2.36. The van der Waals surface area contributed by atoms with Crippen LogP contribution in [0.4, 0.5) is 0 Å². The van der Waals surface area contributed by atoms with Crippen LogP contribution in [0.5, 0.6) is 0 Å². The lowest BCUT2D eigenvalue weighted by Crippen LogP contribution is -2.48. The molecule has 2 aliphatic heterocycles. The van der Waals surface area contributed by atoms with E-state index in [1.807, 2.05) is 0 Å². The molecule has 2 fully saturated rings. The number of hydrogen-bond donors (Lipinski definition) is 0. The minimum Gasteiger partial charge on any atom is -0.466 e. The Morgan fingerprint density at radius 2 is 2.27 bits per heavy atom. The van der Waals surface area contributed by atoms with Gasteiger partial charge in [0.25, 0.3) is 0 Å². The second-order valence-corrected chi connectivity index (χ2v) is 3.15. The molecule has 0 aromatic carbocycles. The molecule has 0 N–H and O–H groups in total. The van der Waals surface area contributed by atoms with Gasteiger partial charge >= 0.3 is 17.9 Å². The summed E-state index contributed by atoms with van der Waals surface area (Å²) < 4.78 is 18.7. The van der Waals surface area contributed by atoms with Crippen molar-refractivity contribution < 1.29 is 33.3 Å². The molecular formula is C8H8O7. The standard InChI is InChI=1S/C8H8O7/c1-12-6(10)5-8(2-4(9)15-5)7(11)13-3-14-8/h5H,2-3H2,1H3. The number of carbonyl (C=O) groups excluding carboxylic acids is 3. The molecule has 15 heavy (non-hydrogen) atoms. The average Bonchev–Trinajstić information content (AvgIpc) is 2.72. The summed E-state index contributed by atoms with van der Waals surface area (Å²) in [5, 5.41) is 0. The SMILES string of the molecule is COC(=O)C1OC(=O)CC12OCOC2=O. The van der Waals surface area contributed by atoms with Crippen LogP contribution in [0.1, 0.15) is 6.42 Å². The molecule has 2 saturated heterocycles. The van der Waals surface area contributed by atoms with Gasteiger partial charge in [0.1, 0.15) is 0 Å². The maximum absolute atomic E-state index is 11.4. The van der Waals surface area contributed by atoms with Crippen LogP contribution in [0.2, 0.25) is 0 Å². The molecule has 0 radical (unpaired) electrons. The number of carbonyl (C=O) groups is 3. The molecule has 82 valence electrons. The smallest absolute Gasteiger partial charge is 0.350 e. The van der Waals surface area contributed by atoms with Gasteiger partial charge in [0.2, 0.25) is 11.7 Å². The van der Waals surface area contributed by atoms with Crippen molar-refractivity contribution in [2.24, 2.45) is 0 Å². The van der Waals surface area contributed by atoms with Crippen LogP contribution < -0.4 is 0 Å². The maximum atomic E-state index is 11.4. The molecule has 2 heterocycles. The number of ether oxygens (including phenoxy) is 4. The van der Waals surface area contributed by atoms with Crippen molar-refractivity contribution in [2.75, 3.05) is 13.9 Å². The van der Waals surface area contributed by atoms with Crippen LogP contribution in [-0.2, 0) is 33.3 Å². The number of methoxy groups -OCH3 is 1. The van der Waals surface area contributed by atoms with Gasteiger partial charge in [-0.15, -0.1) is 0 Å². The predicted octanol–water partition coefficient (Wildman–Crippen LogP) is -1.26. The zero-order valence-electron chi connectivity index (χ0n) is 7.85. The normalized spacial score (nSPS) is 34.1. The van der Waals surface area contributed by atoms with Gasteiger partial charge in [0.05, 0.1) is 13.5 Å². The predicted molar refractivity (Wildman–Crippen MR) is 41.3 cm³/mol. The van der Waals surface area contributed by atoms with E-state index in [1.54, 1.807) is 0 Å². The molecule has 7 nitrogen and oxygen atoms in total. The summed E-state index contributed by atoms with van der Waals surface area (Å²) in [5.74, 6) is -2.30. The summed E-state index contributed by atoms with van der Waals surface area (Å²) in [4.78, 5) is 33.7. The number of esters is 3. The first-order valence-electron chi connectivity index (χ1n) is 4.18. The minimum atomic E-state index is -1.65. The summed E-state index contributed by atoms with van der Waals surface area (Å²) in [7, 11) is 1.13. The van der Waals surface area contributed by atoms with Crippen LogP contribution in [0.3, 0.4) is 0 Å². The number of rotatable bonds is 1. The maximum Gasteiger partial charge on any atom is 0.350 e. The van der Waals surface area contributed by atoms with Gasteiger partial charge in [-0.3, -0.25) is 4.79 Å².